The van der Waals surface area contributed by atoms with Crippen LogP contribution in [0.1, 0.15) is 51.0 Å². The van der Waals surface area contributed by atoms with E-state index in [4.69, 9.17) is 0 Å². The van der Waals surface area contributed by atoms with Crippen LogP contribution in [0.3, 0.4) is 0 Å². The van der Waals surface area contributed by atoms with Gasteiger partial charge in [-0.2, -0.15) is 0 Å². The minimum atomic E-state index is -0.382. The summed E-state index contributed by atoms with van der Waals surface area (Å²) in [6, 6.07) is 3.79. The first-order chi connectivity index (χ1) is 14.9. The zero-order valence-corrected chi connectivity index (χ0v) is 18.4. The normalized spacial score (nSPS) is 22.5. The second-order valence-electron chi connectivity index (χ2n) is 9.31. The molecule has 7 heteroatoms. The van der Waals surface area contributed by atoms with Crippen molar-refractivity contribution in [1.82, 2.24) is 4.98 Å². The van der Waals surface area contributed by atoms with Crippen LogP contribution in [0.25, 0.3) is 0 Å². The molecule has 2 fully saturated rings. The lowest BCUT2D eigenvalue weighted by atomic mass is 9.81. The largest absolute Gasteiger partial charge is 0.380 e. The zero-order chi connectivity index (χ0) is 22.0. The van der Waals surface area contributed by atoms with Crippen LogP contribution in [0.15, 0.2) is 27.9 Å². The average molecular weight is 425 g/mol. The fourth-order valence-corrected chi connectivity index (χ4v) is 4.79. The Morgan fingerprint density at radius 3 is 2.48 bits per heavy atom. The standard InChI is InChI=1S/C24H32N4O3/c1-15-9-12-28(13-10-15)20-19(21(29)22(20)30)26-14-17-5-7-18(8-6-17)24(31)27-23-16(2)4-3-11-25-23/h3-4,11,15,17-18,26H,5-10,12-14H2,1-2H3,(H,25,27,31). The van der Waals surface area contributed by atoms with Gasteiger partial charge >= 0.3 is 0 Å². The topological polar surface area (TPSA) is 91.4 Å². The van der Waals surface area contributed by atoms with Gasteiger partial charge in [-0.15, -0.1) is 0 Å². The molecule has 1 saturated heterocycles. The number of carbonyl (C=O) groups excluding carboxylic acids is 1. The highest BCUT2D eigenvalue weighted by Gasteiger charge is 2.30. The summed E-state index contributed by atoms with van der Waals surface area (Å²) < 4.78 is 0. The van der Waals surface area contributed by atoms with Gasteiger partial charge in [0.2, 0.25) is 5.91 Å². The fraction of sp³-hybridized carbons (Fsp3) is 0.583. The van der Waals surface area contributed by atoms with Crippen LogP contribution >= 0.6 is 0 Å². The molecule has 0 radical (unpaired) electrons. The zero-order valence-electron chi connectivity index (χ0n) is 18.4. The molecule has 1 saturated carbocycles. The number of aryl methyl sites for hydroxylation is 1. The molecule has 0 atom stereocenters. The molecule has 0 unspecified atom stereocenters. The monoisotopic (exact) mass is 424 g/mol. The molecule has 166 valence electrons. The third-order valence-electron chi connectivity index (χ3n) is 7.02. The number of hydrogen-bond donors (Lipinski definition) is 2. The second-order valence-corrected chi connectivity index (χ2v) is 9.31. The number of piperidine rings is 1. The minimum absolute atomic E-state index is 0.00492. The number of nitrogens with one attached hydrogen (secondary N) is 2. The summed E-state index contributed by atoms with van der Waals surface area (Å²) in [5, 5.41) is 6.23. The Morgan fingerprint density at radius 2 is 1.81 bits per heavy atom. The van der Waals surface area contributed by atoms with Crippen molar-refractivity contribution in [2.24, 2.45) is 17.8 Å². The van der Waals surface area contributed by atoms with E-state index in [1.54, 1.807) is 6.20 Å². The summed E-state index contributed by atoms with van der Waals surface area (Å²) in [5.41, 5.74) is 1.33. The van der Waals surface area contributed by atoms with Crippen molar-refractivity contribution in [1.29, 1.82) is 0 Å². The van der Waals surface area contributed by atoms with Gasteiger partial charge in [0.15, 0.2) is 0 Å². The van der Waals surface area contributed by atoms with Crippen LogP contribution in [-0.2, 0) is 4.79 Å². The van der Waals surface area contributed by atoms with E-state index in [2.05, 4.69) is 27.4 Å². The first-order valence-electron chi connectivity index (χ1n) is 11.5. The number of hydrogen-bond acceptors (Lipinski definition) is 6. The van der Waals surface area contributed by atoms with Gasteiger partial charge in [0.05, 0.1) is 0 Å². The molecule has 1 aliphatic heterocycles. The van der Waals surface area contributed by atoms with E-state index in [1.807, 2.05) is 19.1 Å². The maximum absolute atomic E-state index is 12.6. The van der Waals surface area contributed by atoms with Crippen molar-refractivity contribution < 1.29 is 4.79 Å². The van der Waals surface area contributed by atoms with Crippen LogP contribution in [0, 0.1) is 24.7 Å². The van der Waals surface area contributed by atoms with Gasteiger partial charge in [-0.05, 0) is 68.9 Å². The lowest BCUT2D eigenvalue weighted by Crippen LogP contribution is -2.45. The summed E-state index contributed by atoms with van der Waals surface area (Å²) in [4.78, 5) is 43.2. The summed E-state index contributed by atoms with van der Waals surface area (Å²) in [6.45, 7) is 6.53. The molecule has 2 aromatic rings. The lowest BCUT2D eigenvalue weighted by Gasteiger charge is -2.34. The van der Waals surface area contributed by atoms with E-state index in [0.29, 0.717) is 35.6 Å². The highest BCUT2D eigenvalue weighted by molar-refractivity contribution is 5.92. The number of nitrogens with zero attached hydrogens (tertiary/aromatic N) is 2. The van der Waals surface area contributed by atoms with Gasteiger partial charge in [-0.3, -0.25) is 14.4 Å². The Morgan fingerprint density at radius 1 is 1.10 bits per heavy atom. The Hall–Kier alpha value is -2.70. The SMILES string of the molecule is Cc1cccnc1NC(=O)C1CCC(CNc2c(N3CCC(C)CC3)c(=O)c2=O)CC1. The van der Waals surface area contributed by atoms with Crippen molar-refractivity contribution in [3.05, 3.63) is 44.3 Å². The summed E-state index contributed by atoms with van der Waals surface area (Å²) in [6.07, 6.45) is 7.31. The smallest absolute Gasteiger partial charge is 0.253 e. The van der Waals surface area contributed by atoms with Gasteiger partial charge in [-0.1, -0.05) is 13.0 Å². The molecule has 31 heavy (non-hydrogen) atoms. The first kappa shape index (κ1) is 21.5. The van der Waals surface area contributed by atoms with Crippen molar-refractivity contribution in [3.63, 3.8) is 0 Å². The lowest BCUT2D eigenvalue weighted by molar-refractivity contribution is -0.121. The van der Waals surface area contributed by atoms with Crippen molar-refractivity contribution in [2.45, 2.75) is 52.4 Å². The molecule has 7 nitrogen and oxygen atoms in total. The quantitative estimate of drug-likeness (QED) is 0.693. The number of aromatic nitrogens is 1. The number of carbonyl (C=O) groups is 1. The molecule has 0 bridgehead atoms. The van der Waals surface area contributed by atoms with Crippen LogP contribution in [0.2, 0.25) is 0 Å². The van der Waals surface area contributed by atoms with E-state index >= 15 is 0 Å². The van der Waals surface area contributed by atoms with Crippen LogP contribution in [0.4, 0.5) is 17.2 Å². The third kappa shape index (κ3) is 4.65. The van der Waals surface area contributed by atoms with E-state index in [0.717, 1.165) is 57.2 Å². The van der Waals surface area contributed by atoms with Gasteiger partial charge in [0.1, 0.15) is 17.2 Å². The maximum Gasteiger partial charge on any atom is 0.253 e. The minimum Gasteiger partial charge on any atom is -0.380 e. The predicted molar refractivity (Wildman–Crippen MR) is 124 cm³/mol. The van der Waals surface area contributed by atoms with E-state index in [-0.39, 0.29) is 22.7 Å². The molecular weight excluding hydrogens is 392 g/mol. The number of amides is 1. The molecular formula is C24H32N4O3. The summed E-state index contributed by atoms with van der Waals surface area (Å²) in [7, 11) is 0. The van der Waals surface area contributed by atoms with Crippen molar-refractivity contribution in [3.8, 4) is 0 Å². The molecule has 1 aromatic carbocycles. The maximum atomic E-state index is 12.6. The fourth-order valence-electron chi connectivity index (χ4n) is 4.79. The second kappa shape index (κ2) is 9.20. The molecule has 0 spiro atoms. The van der Waals surface area contributed by atoms with Gasteiger partial charge in [0.25, 0.3) is 10.9 Å². The Kier molecular flexibility index (Phi) is 6.39. The van der Waals surface area contributed by atoms with E-state index in [1.165, 1.54) is 0 Å². The molecule has 4 rings (SSSR count). The van der Waals surface area contributed by atoms with E-state index in [9.17, 15) is 14.4 Å². The number of rotatable bonds is 6. The predicted octanol–water partition coefficient (Wildman–Crippen LogP) is 3.08. The van der Waals surface area contributed by atoms with Gasteiger partial charge in [0, 0.05) is 31.7 Å². The molecule has 1 aromatic heterocycles. The molecule has 2 N–H and O–H groups in total. The average Bonchev–Trinajstić information content (AvgIpc) is 2.79. The summed E-state index contributed by atoms with van der Waals surface area (Å²) in [5.74, 6) is 1.75. The summed E-state index contributed by atoms with van der Waals surface area (Å²) >= 11 is 0. The van der Waals surface area contributed by atoms with Gasteiger partial charge < -0.3 is 15.5 Å². The Bertz CT molecular complexity index is 995. The number of pyridine rings is 1. The van der Waals surface area contributed by atoms with Crippen LogP contribution in [-0.4, -0.2) is 30.5 Å². The molecule has 2 heterocycles. The number of anilines is 3. The van der Waals surface area contributed by atoms with Gasteiger partial charge in [-0.25, -0.2) is 4.98 Å². The Labute approximate surface area is 182 Å². The third-order valence-corrected chi connectivity index (χ3v) is 7.02. The van der Waals surface area contributed by atoms with Crippen molar-refractivity contribution >= 4 is 23.1 Å². The first-order valence-corrected chi connectivity index (χ1v) is 11.5. The molecule has 1 aliphatic carbocycles. The Balaban J connectivity index is 1.27. The van der Waals surface area contributed by atoms with Crippen molar-refractivity contribution in [2.75, 3.05) is 35.2 Å². The van der Waals surface area contributed by atoms with Crippen LogP contribution in [0.5, 0.6) is 0 Å². The van der Waals surface area contributed by atoms with E-state index < -0.39 is 0 Å². The van der Waals surface area contributed by atoms with Crippen LogP contribution < -0.4 is 26.4 Å². The highest BCUT2D eigenvalue weighted by atomic mass is 16.2. The highest BCUT2D eigenvalue weighted by Crippen LogP contribution is 2.31. The molecule has 1 amide bonds. The molecule has 2 aliphatic rings.